The summed E-state index contributed by atoms with van der Waals surface area (Å²) >= 11 is 0. The Morgan fingerprint density at radius 1 is 0.638 bits per heavy atom. The number of ether oxygens (including phenoxy) is 4. The molecule has 0 bridgehead atoms. The number of aliphatic carboxylic acids is 1. The zero-order valence-corrected chi connectivity index (χ0v) is 42.0. The van der Waals surface area contributed by atoms with E-state index < -0.39 is 47.6 Å². The Bertz CT molecular complexity index is 1550. The second-order valence-electron chi connectivity index (χ2n) is 18.0. The number of Topliss-reactive ketones (excluding diaryl/α,β-unsaturated/α-hetero) is 1. The summed E-state index contributed by atoms with van der Waals surface area (Å²) in [6, 6.07) is -1.20. The maximum absolute atomic E-state index is 13.3. The molecule has 1 radical (unpaired) electrons. The number of unbranched alkanes of at least 4 members (excludes halogenated alkanes) is 15. The van der Waals surface area contributed by atoms with Crippen molar-refractivity contribution in [3.8, 4) is 0 Å². The molecule has 0 aliphatic carbocycles. The van der Waals surface area contributed by atoms with Crippen LogP contribution in [0.1, 0.15) is 155 Å². The van der Waals surface area contributed by atoms with Crippen LogP contribution in [-0.2, 0) is 58.9 Å². The molecule has 8 N–H and O–H groups in total. The van der Waals surface area contributed by atoms with Gasteiger partial charge in [0.25, 0.3) is 0 Å². The lowest BCUT2D eigenvalue weighted by atomic mass is 9.87. The van der Waals surface area contributed by atoms with Gasteiger partial charge in [-0.15, -0.1) is 0 Å². The van der Waals surface area contributed by atoms with Crippen LogP contribution in [0.2, 0.25) is 0 Å². The maximum atomic E-state index is 13.3. The highest BCUT2D eigenvalue weighted by atomic mass is 16.5. The number of rotatable bonds is 47. The van der Waals surface area contributed by atoms with Crippen LogP contribution in [0.4, 0.5) is 0 Å². The average molecular weight is 980 g/mol. The summed E-state index contributed by atoms with van der Waals surface area (Å²) in [6.45, 7) is 6.76. The molecule has 1 rings (SSSR count). The van der Waals surface area contributed by atoms with E-state index in [1.807, 2.05) is 0 Å². The fraction of sp³-hybridized carbons (Fsp3) is 0.796. The molecule has 69 heavy (non-hydrogen) atoms. The third-order valence-electron chi connectivity index (χ3n) is 11.3. The van der Waals surface area contributed by atoms with Crippen molar-refractivity contribution in [2.45, 2.75) is 167 Å². The number of carboxylic acid groups (broad SMARTS) is 1. The maximum Gasteiger partial charge on any atom is 0.322 e. The van der Waals surface area contributed by atoms with Crippen LogP contribution >= 0.6 is 0 Å². The van der Waals surface area contributed by atoms with Gasteiger partial charge in [0, 0.05) is 56.7 Å². The minimum absolute atomic E-state index is 0.0454. The predicted octanol–water partition coefficient (Wildman–Crippen LogP) is 4.12. The van der Waals surface area contributed by atoms with Crippen molar-refractivity contribution in [3.63, 3.8) is 0 Å². The van der Waals surface area contributed by atoms with Crippen LogP contribution in [0.25, 0.3) is 0 Å². The molecule has 0 fully saturated rings. The highest BCUT2D eigenvalue weighted by Crippen LogP contribution is 2.19. The second kappa shape index (κ2) is 41.3. The van der Waals surface area contributed by atoms with Gasteiger partial charge in [-0.2, -0.15) is 0 Å². The van der Waals surface area contributed by atoms with Crippen molar-refractivity contribution in [2.24, 2.45) is 5.92 Å². The molecular weight excluding hydrogens is 893 g/mol. The first-order valence-electron chi connectivity index (χ1n) is 25.4. The van der Waals surface area contributed by atoms with Gasteiger partial charge >= 0.3 is 5.97 Å². The summed E-state index contributed by atoms with van der Waals surface area (Å²) in [6.07, 6.45) is 23.8. The molecule has 20 nitrogen and oxygen atoms in total. The average Bonchev–Trinajstić information content (AvgIpc) is 3.83. The summed E-state index contributed by atoms with van der Waals surface area (Å²) < 4.78 is 21.6. The predicted molar refractivity (Wildman–Crippen MR) is 261 cm³/mol. The largest absolute Gasteiger partial charge is 0.480 e. The minimum Gasteiger partial charge on any atom is -0.480 e. The number of aromatic amines is 1. The van der Waals surface area contributed by atoms with Gasteiger partial charge < -0.3 is 55.6 Å². The Balaban J connectivity index is 2.03. The molecule has 1 heterocycles. The van der Waals surface area contributed by atoms with E-state index in [9.17, 15) is 33.6 Å². The summed E-state index contributed by atoms with van der Waals surface area (Å²) in [5, 5.41) is 22.2. The molecule has 0 aliphatic rings. The molecule has 0 aromatic carbocycles. The van der Waals surface area contributed by atoms with Crippen molar-refractivity contribution in [1.29, 1.82) is 0 Å². The van der Waals surface area contributed by atoms with Crippen LogP contribution in [0.3, 0.4) is 0 Å². The molecule has 395 valence electrons. The fourth-order valence-electron chi connectivity index (χ4n) is 7.17. The van der Waals surface area contributed by atoms with E-state index in [1.165, 1.54) is 110 Å². The molecule has 0 saturated carbocycles. The molecule has 1 aromatic heterocycles. The Kier molecular flexibility index (Phi) is 37.4. The van der Waals surface area contributed by atoms with E-state index in [2.05, 4.69) is 43.5 Å². The normalized spacial score (nSPS) is 12.2. The number of ketones is 1. The first-order valence-corrected chi connectivity index (χ1v) is 25.4. The molecule has 0 unspecified atom stereocenters. The number of hydrogen-bond donors (Lipinski definition) is 7. The lowest BCUT2D eigenvalue weighted by Crippen LogP contribution is -2.54. The number of imidazole rings is 1. The van der Waals surface area contributed by atoms with Crippen molar-refractivity contribution >= 4 is 41.3 Å². The Labute approximate surface area is 410 Å². The number of H-pyrrole nitrogens is 1. The summed E-state index contributed by atoms with van der Waals surface area (Å²) in [7, 11) is 0. The second-order valence-corrected chi connectivity index (χ2v) is 18.0. The monoisotopic (exact) mass is 980 g/mol. The molecule has 0 spiro atoms. The van der Waals surface area contributed by atoms with E-state index >= 15 is 0 Å². The smallest absolute Gasteiger partial charge is 0.322 e. The Hall–Kier alpha value is -4.50. The van der Waals surface area contributed by atoms with Crippen LogP contribution in [0, 0.1) is 5.92 Å². The van der Waals surface area contributed by atoms with E-state index in [0.717, 1.165) is 12.8 Å². The third kappa shape index (κ3) is 36.2. The number of carboxylic acids is 1. The van der Waals surface area contributed by atoms with Crippen LogP contribution in [0.15, 0.2) is 12.5 Å². The van der Waals surface area contributed by atoms with Gasteiger partial charge in [-0.05, 0) is 33.1 Å². The molecule has 1 aromatic rings. The quantitative estimate of drug-likeness (QED) is 0.0453. The lowest BCUT2D eigenvalue weighted by molar-refractivity contribution is -0.139. The molecular formula is C49H87N8O12. The molecule has 2 atom stereocenters. The number of carbonyl (C=O) groups is 7. The third-order valence-corrected chi connectivity index (χ3v) is 11.3. The van der Waals surface area contributed by atoms with Gasteiger partial charge in [-0.3, -0.25) is 33.6 Å². The SMILES string of the molecule is CCCCCCCCCCCCCCCCCC(=O)NCCOCCOCC(=O)NCCOCCOCC(=O)NCCCC[C@H](CC(=O)C(C)(C)NC(=O)[C@@H]([NH])Cc1cnc[nH]1)C(=O)NCC(=O)O. The topological polar surface area (TPSA) is 289 Å². The Morgan fingerprint density at radius 3 is 1.67 bits per heavy atom. The van der Waals surface area contributed by atoms with Gasteiger partial charge in [0.2, 0.25) is 29.5 Å². The van der Waals surface area contributed by atoms with E-state index in [1.54, 1.807) is 0 Å². The number of carbonyl (C=O) groups excluding carboxylic acids is 6. The highest BCUT2D eigenvalue weighted by Gasteiger charge is 2.34. The van der Waals surface area contributed by atoms with Gasteiger partial charge in [0.15, 0.2) is 5.78 Å². The van der Waals surface area contributed by atoms with Crippen molar-refractivity contribution in [3.05, 3.63) is 18.2 Å². The highest BCUT2D eigenvalue weighted by molar-refractivity contribution is 5.96. The van der Waals surface area contributed by atoms with Crippen molar-refractivity contribution < 1.29 is 57.6 Å². The molecule has 20 heteroatoms. The van der Waals surface area contributed by atoms with Gasteiger partial charge in [0.05, 0.1) is 51.5 Å². The molecule has 0 saturated heterocycles. The van der Waals surface area contributed by atoms with E-state index in [4.69, 9.17) is 29.8 Å². The number of hydrogen-bond acceptors (Lipinski definition) is 12. The zero-order valence-electron chi connectivity index (χ0n) is 42.0. The molecule has 0 aliphatic heterocycles. The Morgan fingerprint density at radius 2 is 1.14 bits per heavy atom. The summed E-state index contributed by atoms with van der Waals surface area (Å²) in [4.78, 5) is 92.8. The van der Waals surface area contributed by atoms with Crippen LogP contribution in [0.5, 0.6) is 0 Å². The van der Waals surface area contributed by atoms with Gasteiger partial charge in [0.1, 0.15) is 25.8 Å². The van der Waals surface area contributed by atoms with Crippen molar-refractivity contribution in [1.82, 2.24) is 42.3 Å². The summed E-state index contributed by atoms with van der Waals surface area (Å²) in [5.41, 5.74) is 7.34. The van der Waals surface area contributed by atoms with E-state index in [0.29, 0.717) is 44.7 Å². The molecule has 5 amide bonds. The van der Waals surface area contributed by atoms with Gasteiger partial charge in [-0.1, -0.05) is 103 Å². The number of amides is 5. The lowest BCUT2D eigenvalue weighted by Gasteiger charge is -2.28. The van der Waals surface area contributed by atoms with Crippen molar-refractivity contribution in [2.75, 3.05) is 79.0 Å². The zero-order chi connectivity index (χ0) is 50.8. The summed E-state index contributed by atoms with van der Waals surface area (Å²) in [5.74, 6) is -4.48. The first-order chi connectivity index (χ1) is 33.2. The van der Waals surface area contributed by atoms with Crippen LogP contribution < -0.4 is 32.3 Å². The number of nitrogens with zero attached hydrogens (tertiary/aromatic N) is 1. The minimum atomic E-state index is -1.40. The standard InChI is InChI=1S/C49H87N8O12/c1-4-5-6-7-8-9-10-11-12-13-14-15-16-17-18-22-43(59)53-24-26-66-28-31-69-37-45(61)54-25-27-67-29-30-68-36-44(60)52-23-20-19-21-39(47(64)55-35-46(62)63)32-42(58)49(2,3)57-48(65)41(50)33-40-34-51-38-56-40/h34,38-39,41,50H,4-33,35-37H2,1-3H3,(H,51,56)(H,52,60)(H,53,59)(H,54,61)(H,55,64)(H,57,65)(H,62,63)/t39-,41+/m1/s1. The number of aromatic nitrogens is 2. The first kappa shape index (κ1) is 62.5. The van der Waals surface area contributed by atoms with Gasteiger partial charge in [-0.25, -0.2) is 10.7 Å². The van der Waals surface area contributed by atoms with E-state index in [-0.39, 0.29) is 89.7 Å². The number of nitrogens with one attached hydrogen (secondary N) is 7. The van der Waals surface area contributed by atoms with Crippen LogP contribution in [-0.4, -0.2) is 147 Å². The fourth-order valence-corrected chi connectivity index (χ4v) is 7.17.